The van der Waals surface area contributed by atoms with Crippen LogP contribution in [0.4, 0.5) is 5.69 Å². The topological polar surface area (TPSA) is 29.3 Å². The Morgan fingerprint density at radius 2 is 2.06 bits per heavy atom. The summed E-state index contributed by atoms with van der Waals surface area (Å²) in [4.78, 5) is 2.56. The van der Waals surface area contributed by atoms with E-state index in [2.05, 4.69) is 30.5 Å². The fourth-order valence-electron chi connectivity index (χ4n) is 2.38. The van der Waals surface area contributed by atoms with Crippen molar-refractivity contribution in [2.75, 3.05) is 18.8 Å². The molecular formula is C16H24N2. The summed E-state index contributed by atoms with van der Waals surface area (Å²) in [7, 11) is 0. The predicted molar refractivity (Wildman–Crippen MR) is 78.7 cm³/mol. The lowest BCUT2D eigenvalue weighted by atomic mass is 9.97. The van der Waals surface area contributed by atoms with Gasteiger partial charge in [0.15, 0.2) is 0 Å². The molecule has 1 unspecified atom stereocenters. The number of rotatable bonds is 7. The average Bonchev–Trinajstić information content (AvgIpc) is 3.19. The van der Waals surface area contributed by atoms with Crippen molar-refractivity contribution in [3.8, 4) is 0 Å². The molecule has 1 aliphatic carbocycles. The second kappa shape index (κ2) is 6.05. The lowest BCUT2D eigenvalue weighted by Gasteiger charge is -2.22. The molecule has 0 saturated heterocycles. The zero-order valence-corrected chi connectivity index (χ0v) is 11.3. The maximum absolute atomic E-state index is 5.72. The van der Waals surface area contributed by atoms with E-state index in [1.54, 1.807) is 0 Å². The lowest BCUT2D eigenvalue weighted by Crippen LogP contribution is -2.28. The van der Waals surface area contributed by atoms with Crippen molar-refractivity contribution in [2.24, 2.45) is 0 Å². The van der Waals surface area contributed by atoms with Gasteiger partial charge in [-0.25, -0.2) is 0 Å². The van der Waals surface area contributed by atoms with E-state index in [9.17, 15) is 0 Å². The van der Waals surface area contributed by atoms with Crippen molar-refractivity contribution in [3.63, 3.8) is 0 Å². The van der Waals surface area contributed by atoms with Crippen molar-refractivity contribution in [1.29, 1.82) is 0 Å². The van der Waals surface area contributed by atoms with Crippen LogP contribution in [-0.4, -0.2) is 24.0 Å². The fraction of sp³-hybridized carbons (Fsp3) is 0.500. The van der Waals surface area contributed by atoms with Crippen LogP contribution in [0.2, 0.25) is 0 Å². The minimum atomic E-state index is 0.594. The van der Waals surface area contributed by atoms with E-state index in [0.29, 0.717) is 5.92 Å². The van der Waals surface area contributed by atoms with Crippen LogP contribution in [0.5, 0.6) is 0 Å². The number of nitrogens with two attached hydrogens (primary N) is 1. The molecule has 0 heterocycles. The van der Waals surface area contributed by atoms with E-state index in [1.807, 2.05) is 18.2 Å². The summed E-state index contributed by atoms with van der Waals surface area (Å²) in [6, 6.07) is 9.11. The largest absolute Gasteiger partial charge is 0.399 e. The van der Waals surface area contributed by atoms with Crippen molar-refractivity contribution < 1.29 is 0 Å². The highest BCUT2D eigenvalue weighted by atomic mass is 15.2. The van der Waals surface area contributed by atoms with Crippen molar-refractivity contribution >= 4 is 5.69 Å². The Kier molecular flexibility index (Phi) is 4.43. The minimum Gasteiger partial charge on any atom is -0.399 e. The van der Waals surface area contributed by atoms with Crippen molar-refractivity contribution in [2.45, 2.75) is 38.1 Å². The first-order chi connectivity index (χ1) is 8.70. The van der Waals surface area contributed by atoms with Crippen LogP contribution < -0.4 is 5.73 Å². The van der Waals surface area contributed by atoms with Crippen LogP contribution in [0.3, 0.4) is 0 Å². The van der Waals surface area contributed by atoms with E-state index in [0.717, 1.165) is 18.3 Å². The third-order valence-corrected chi connectivity index (χ3v) is 3.78. The van der Waals surface area contributed by atoms with Crippen LogP contribution in [0.25, 0.3) is 0 Å². The van der Waals surface area contributed by atoms with Gasteiger partial charge in [0.25, 0.3) is 0 Å². The molecule has 0 radical (unpaired) electrons. The number of nitrogens with zero attached hydrogens (tertiary/aromatic N) is 1. The molecule has 1 aliphatic rings. The molecule has 0 aliphatic heterocycles. The van der Waals surface area contributed by atoms with Crippen LogP contribution in [0.15, 0.2) is 36.9 Å². The second-order valence-electron chi connectivity index (χ2n) is 5.37. The molecule has 1 aromatic rings. The number of hydrogen-bond acceptors (Lipinski definition) is 2. The summed E-state index contributed by atoms with van der Waals surface area (Å²) in [5.74, 6) is 0.594. The molecule has 0 spiro atoms. The van der Waals surface area contributed by atoms with Gasteiger partial charge in [0.2, 0.25) is 0 Å². The minimum absolute atomic E-state index is 0.594. The third kappa shape index (κ3) is 3.61. The first-order valence-electron chi connectivity index (χ1n) is 6.91. The van der Waals surface area contributed by atoms with Gasteiger partial charge < -0.3 is 5.73 Å². The Morgan fingerprint density at radius 3 is 2.61 bits per heavy atom. The van der Waals surface area contributed by atoms with Crippen molar-refractivity contribution in [1.82, 2.24) is 4.90 Å². The van der Waals surface area contributed by atoms with Gasteiger partial charge >= 0.3 is 0 Å². The molecule has 1 saturated carbocycles. The van der Waals surface area contributed by atoms with Gasteiger partial charge in [-0.05, 0) is 49.4 Å². The molecule has 98 valence electrons. The molecule has 1 fully saturated rings. The average molecular weight is 244 g/mol. The van der Waals surface area contributed by atoms with Crippen LogP contribution in [0, 0.1) is 0 Å². The highest BCUT2D eigenvalue weighted by Gasteiger charge is 2.27. The molecule has 1 atom stereocenters. The van der Waals surface area contributed by atoms with Gasteiger partial charge in [-0.3, -0.25) is 4.90 Å². The van der Waals surface area contributed by atoms with Crippen molar-refractivity contribution in [3.05, 3.63) is 42.5 Å². The summed E-state index contributed by atoms with van der Waals surface area (Å²) in [6.07, 6.45) is 5.95. The van der Waals surface area contributed by atoms with Gasteiger partial charge in [0.1, 0.15) is 0 Å². The van der Waals surface area contributed by atoms with E-state index in [-0.39, 0.29) is 0 Å². The maximum Gasteiger partial charge on any atom is 0.0314 e. The monoisotopic (exact) mass is 244 g/mol. The quantitative estimate of drug-likeness (QED) is 0.588. The highest BCUT2D eigenvalue weighted by molar-refractivity contribution is 5.40. The van der Waals surface area contributed by atoms with E-state index in [1.165, 1.54) is 31.4 Å². The first-order valence-corrected chi connectivity index (χ1v) is 6.91. The lowest BCUT2D eigenvalue weighted by molar-refractivity contribution is 0.281. The molecule has 2 N–H and O–H groups in total. The van der Waals surface area contributed by atoms with Crippen LogP contribution in [0.1, 0.15) is 37.7 Å². The number of nitrogen functional groups attached to an aromatic ring is 1. The first kappa shape index (κ1) is 13.2. The molecule has 1 aromatic carbocycles. The summed E-state index contributed by atoms with van der Waals surface area (Å²) in [6.45, 7) is 8.34. The molecule has 0 bridgehead atoms. The standard InChI is InChI=1S/C16H24N2/c1-3-11-18(16-8-9-16)12-10-13(2)14-4-6-15(17)7-5-14/h3-7,13,16H,1,8-12,17H2,2H3. The Balaban J connectivity index is 1.84. The van der Waals surface area contributed by atoms with E-state index in [4.69, 9.17) is 5.73 Å². The zero-order chi connectivity index (χ0) is 13.0. The Morgan fingerprint density at radius 1 is 1.39 bits per heavy atom. The number of hydrogen-bond donors (Lipinski definition) is 1. The normalized spacial score (nSPS) is 16.8. The van der Waals surface area contributed by atoms with Crippen LogP contribution >= 0.6 is 0 Å². The number of anilines is 1. The summed E-state index contributed by atoms with van der Waals surface area (Å²) >= 11 is 0. The Labute approximate surface area is 110 Å². The summed E-state index contributed by atoms with van der Waals surface area (Å²) in [5, 5.41) is 0. The van der Waals surface area contributed by atoms with Crippen LogP contribution in [-0.2, 0) is 0 Å². The van der Waals surface area contributed by atoms with Gasteiger partial charge in [-0.15, -0.1) is 6.58 Å². The van der Waals surface area contributed by atoms with Gasteiger partial charge in [-0.2, -0.15) is 0 Å². The van der Waals surface area contributed by atoms with E-state index >= 15 is 0 Å². The number of benzene rings is 1. The van der Waals surface area contributed by atoms with Gasteiger partial charge in [0, 0.05) is 18.3 Å². The molecule has 2 nitrogen and oxygen atoms in total. The zero-order valence-electron chi connectivity index (χ0n) is 11.3. The predicted octanol–water partition coefficient (Wildman–Crippen LogP) is 3.41. The molecule has 2 heteroatoms. The molecular weight excluding hydrogens is 220 g/mol. The highest BCUT2D eigenvalue weighted by Crippen LogP contribution is 2.28. The molecule has 2 rings (SSSR count). The molecule has 0 amide bonds. The fourth-order valence-corrected chi connectivity index (χ4v) is 2.38. The summed E-state index contributed by atoms with van der Waals surface area (Å²) < 4.78 is 0. The smallest absolute Gasteiger partial charge is 0.0314 e. The maximum atomic E-state index is 5.72. The van der Waals surface area contributed by atoms with E-state index < -0.39 is 0 Å². The summed E-state index contributed by atoms with van der Waals surface area (Å²) in [5.41, 5.74) is 7.95. The Bertz CT molecular complexity index is 379. The van der Waals surface area contributed by atoms with Gasteiger partial charge in [-0.1, -0.05) is 25.1 Å². The molecule has 18 heavy (non-hydrogen) atoms. The second-order valence-corrected chi connectivity index (χ2v) is 5.37. The Hall–Kier alpha value is -1.28. The third-order valence-electron chi connectivity index (χ3n) is 3.78. The SMILES string of the molecule is C=CCN(CCC(C)c1ccc(N)cc1)C1CC1. The van der Waals surface area contributed by atoms with Gasteiger partial charge in [0.05, 0.1) is 0 Å². The molecule has 0 aromatic heterocycles.